The Morgan fingerprint density at radius 1 is 1.18 bits per heavy atom. The Bertz CT molecular complexity index is 478. The van der Waals surface area contributed by atoms with Gasteiger partial charge in [-0.1, -0.05) is 30.3 Å². The predicted molar refractivity (Wildman–Crippen MR) is 51.5 cm³/mol. The minimum absolute atomic E-state index is 0.293. The van der Waals surface area contributed by atoms with Crippen molar-refractivity contribution in [1.29, 1.82) is 0 Å². The summed E-state index contributed by atoms with van der Waals surface area (Å²) >= 11 is 0. The molecule has 0 saturated heterocycles. The summed E-state index contributed by atoms with van der Waals surface area (Å²) in [6.45, 7) is 0. The number of ketones is 1. The molecule has 1 aliphatic heterocycles. The van der Waals surface area contributed by atoms with Gasteiger partial charge in [-0.25, -0.2) is 0 Å². The van der Waals surface area contributed by atoms with E-state index in [1.807, 2.05) is 0 Å². The molecule has 3 nitrogen and oxygen atoms in total. The molecule has 0 radical (unpaired) electrons. The van der Waals surface area contributed by atoms with Crippen molar-refractivity contribution < 1.29 is 27.8 Å². The lowest BCUT2D eigenvalue weighted by Gasteiger charge is -2.24. The zero-order valence-corrected chi connectivity index (χ0v) is 8.36. The summed E-state index contributed by atoms with van der Waals surface area (Å²) in [5, 5.41) is 9.18. The quantitative estimate of drug-likeness (QED) is 0.820. The molecule has 1 unspecified atom stereocenters. The second-order valence-corrected chi connectivity index (χ2v) is 3.48. The molecule has 1 aliphatic rings. The van der Waals surface area contributed by atoms with Gasteiger partial charge in [0, 0.05) is 11.6 Å². The van der Waals surface area contributed by atoms with Crippen molar-refractivity contribution in [3.8, 4) is 0 Å². The fraction of sp³-hybridized carbons (Fsp3) is 0.182. The summed E-state index contributed by atoms with van der Waals surface area (Å²) in [4.78, 5) is 11.2. The number of halogens is 3. The summed E-state index contributed by atoms with van der Waals surface area (Å²) < 4.78 is 41.7. The predicted octanol–water partition coefficient (Wildman–Crippen LogP) is 1.88. The molecule has 0 saturated carbocycles. The Labute approximate surface area is 94.1 Å². The summed E-state index contributed by atoms with van der Waals surface area (Å²) in [7, 11) is 0. The van der Waals surface area contributed by atoms with Crippen LogP contribution in [-0.4, -0.2) is 22.9 Å². The molecule has 0 aromatic heterocycles. The highest BCUT2D eigenvalue weighted by molar-refractivity contribution is 6.04. The largest absolute Gasteiger partial charge is 0.464 e. The molecular weight excluding hydrogens is 237 g/mol. The molecule has 0 amide bonds. The molecule has 17 heavy (non-hydrogen) atoms. The Morgan fingerprint density at radius 3 is 2.24 bits per heavy atom. The Kier molecular flexibility index (Phi) is 2.46. The smallest absolute Gasteiger partial charge is 0.447 e. The number of hydrogen-bond acceptors (Lipinski definition) is 3. The van der Waals surface area contributed by atoms with E-state index in [-0.39, 0.29) is 5.76 Å². The number of alkyl halides is 3. The van der Waals surface area contributed by atoms with E-state index in [2.05, 4.69) is 4.74 Å². The van der Waals surface area contributed by atoms with Crippen molar-refractivity contribution >= 4 is 11.5 Å². The minimum atomic E-state index is -5.17. The second kappa shape index (κ2) is 3.59. The summed E-state index contributed by atoms with van der Waals surface area (Å²) in [5.41, 5.74) is 0.293. The molecule has 1 aromatic rings. The van der Waals surface area contributed by atoms with Crippen LogP contribution in [0.1, 0.15) is 5.56 Å². The Hall–Kier alpha value is -1.82. The standard InChI is InChI=1S/C11H7F3O3/c12-11(13,14)10(16)9(15)6-8(17-10)7-4-2-1-3-5-7/h1-6,16H. The van der Waals surface area contributed by atoms with E-state index in [4.69, 9.17) is 0 Å². The first-order valence-corrected chi connectivity index (χ1v) is 4.64. The van der Waals surface area contributed by atoms with Gasteiger partial charge in [0.25, 0.3) is 0 Å². The normalized spacial score (nSPS) is 24.5. The zero-order chi connectivity index (χ0) is 12.7. The highest BCUT2D eigenvalue weighted by Gasteiger charge is 2.64. The number of rotatable bonds is 1. The molecule has 0 fully saturated rings. The van der Waals surface area contributed by atoms with Crippen LogP contribution in [-0.2, 0) is 9.53 Å². The van der Waals surface area contributed by atoms with Crippen molar-refractivity contribution in [1.82, 2.24) is 0 Å². The first-order chi connectivity index (χ1) is 7.84. The van der Waals surface area contributed by atoms with E-state index in [1.54, 1.807) is 18.2 Å². The average molecular weight is 244 g/mol. The number of aliphatic hydroxyl groups is 1. The van der Waals surface area contributed by atoms with E-state index in [1.165, 1.54) is 12.1 Å². The maximum Gasteiger partial charge on any atom is 0.464 e. The highest BCUT2D eigenvalue weighted by atomic mass is 19.4. The van der Waals surface area contributed by atoms with Gasteiger partial charge in [0.2, 0.25) is 5.78 Å². The van der Waals surface area contributed by atoms with Crippen molar-refractivity contribution in [3.05, 3.63) is 42.0 Å². The summed E-state index contributed by atoms with van der Waals surface area (Å²) in [5.74, 6) is -5.59. The second-order valence-electron chi connectivity index (χ2n) is 3.48. The van der Waals surface area contributed by atoms with Gasteiger partial charge in [0.05, 0.1) is 0 Å². The number of hydrogen-bond donors (Lipinski definition) is 1. The van der Waals surface area contributed by atoms with E-state index >= 15 is 0 Å². The fourth-order valence-electron chi connectivity index (χ4n) is 1.40. The van der Waals surface area contributed by atoms with Crippen molar-refractivity contribution in [2.75, 3.05) is 0 Å². The lowest BCUT2D eigenvalue weighted by atomic mass is 10.1. The number of ether oxygens (including phenoxy) is 1. The third kappa shape index (κ3) is 1.80. The van der Waals surface area contributed by atoms with Gasteiger partial charge < -0.3 is 9.84 Å². The molecule has 1 heterocycles. The Balaban J connectivity index is 2.34. The van der Waals surface area contributed by atoms with Crippen LogP contribution >= 0.6 is 0 Å². The highest BCUT2D eigenvalue weighted by Crippen LogP contribution is 2.40. The fourth-order valence-corrected chi connectivity index (χ4v) is 1.40. The molecule has 0 aliphatic carbocycles. The van der Waals surface area contributed by atoms with E-state index < -0.39 is 17.7 Å². The van der Waals surface area contributed by atoms with Gasteiger partial charge in [0.15, 0.2) is 0 Å². The zero-order valence-electron chi connectivity index (χ0n) is 8.36. The molecule has 90 valence electrons. The van der Waals surface area contributed by atoms with Crippen LogP contribution in [0.4, 0.5) is 13.2 Å². The van der Waals surface area contributed by atoms with Crippen LogP contribution < -0.4 is 0 Å². The Morgan fingerprint density at radius 2 is 1.76 bits per heavy atom. The molecule has 2 rings (SSSR count). The van der Waals surface area contributed by atoms with Crippen molar-refractivity contribution in [2.45, 2.75) is 12.0 Å². The third-order valence-corrected chi connectivity index (χ3v) is 2.30. The van der Waals surface area contributed by atoms with Gasteiger partial charge in [0.1, 0.15) is 5.76 Å². The number of carbonyl (C=O) groups is 1. The summed E-state index contributed by atoms with van der Waals surface area (Å²) in [6, 6.07) is 7.77. The maximum absolute atomic E-state index is 12.5. The first-order valence-electron chi connectivity index (χ1n) is 4.64. The van der Waals surface area contributed by atoms with Crippen LogP contribution in [0, 0.1) is 0 Å². The van der Waals surface area contributed by atoms with Gasteiger partial charge in [-0.3, -0.25) is 4.79 Å². The topological polar surface area (TPSA) is 46.5 Å². The van der Waals surface area contributed by atoms with Gasteiger partial charge >= 0.3 is 12.0 Å². The van der Waals surface area contributed by atoms with Gasteiger partial charge in [-0.05, 0) is 0 Å². The van der Waals surface area contributed by atoms with Crippen LogP contribution in [0.15, 0.2) is 36.4 Å². The molecule has 1 aromatic carbocycles. The van der Waals surface area contributed by atoms with E-state index in [9.17, 15) is 23.1 Å². The number of benzene rings is 1. The molecule has 0 spiro atoms. The monoisotopic (exact) mass is 244 g/mol. The molecular formula is C11H7F3O3. The average Bonchev–Trinajstić information content (AvgIpc) is 2.57. The first kappa shape index (κ1) is 11.7. The minimum Gasteiger partial charge on any atom is -0.447 e. The van der Waals surface area contributed by atoms with Crippen LogP contribution in [0.2, 0.25) is 0 Å². The summed E-state index contributed by atoms with van der Waals surface area (Å²) in [6.07, 6.45) is -4.53. The molecule has 0 bridgehead atoms. The molecule has 1 N–H and O–H groups in total. The lowest BCUT2D eigenvalue weighted by Crippen LogP contribution is -2.50. The van der Waals surface area contributed by atoms with Crippen LogP contribution in [0.5, 0.6) is 0 Å². The SMILES string of the molecule is O=C1C=C(c2ccccc2)OC1(O)C(F)(F)F. The molecule has 1 atom stereocenters. The van der Waals surface area contributed by atoms with Crippen LogP contribution in [0.25, 0.3) is 5.76 Å². The molecule has 6 heteroatoms. The maximum atomic E-state index is 12.5. The van der Waals surface area contributed by atoms with Gasteiger partial charge in [-0.15, -0.1) is 0 Å². The van der Waals surface area contributed by atoms with E-state index in [0.29, 0.717) is 11.6 Å². The van der Waals surface area contributed by atoms with E-state index in [0.717, 1.165) is 0 Å². The van der Waals surface area contributed by atoms with Crippen molar-refractivity contribution in [3.63, 3.8) is 0 Å². The number of carbonyl (C=O) groups excluding carboxylic acids is 1. The van der Waals surface area contributed by atoms with Gasteiger partial charge in [-0.2, -0.15) is 13.2 Å². The third-order valence-electron chi connectivity index (χ3n) is 2.30. The van der Waals surface area contributed by atoms with Crippen molar-refractivity contribution in [2.24, 2.45) is 0 Å². The van der Waals surface area contributed by atoms with Crippen LogP contribution in [0.3, 0.4) is 0 Å². The lowest BCUT2D eigenvalue weighted by molar-refractivity contribution is -0.318.